The fraction of sp³-hybridized carbons (Fsp3) is 0.111. The number of fused-ring (bicyclic) bond motifs is 3. The lowest BCUT2D eigenvalue weighted by molar-refractivity contribution is -0.660. The molecule has 144 valence electrons. The van der Waals surface area contributed by atoms with Gasteiger partial charge in [0.1, 0.15) is 18.2 Å². The van der Waals surface area contributed by atoms with E-state index in [4.69, 9.17) is 11.0 Å². The summed E-state index contributed by atoms with van der Waals surface area (Å²) in [6.45, 7) is 11.9. The number of aromatic nitrogens is 1. The van der Waals surface area contributed by atoms with Gasteiger partial charge in [-0.1, -0.05) is 54.6 Å². The van der Waals surface area contributed by atoms with Crippen molar-refractivity contribution in [2.75, 3.05) is 0 Å². The molecule has 0 aliphatic heterocycles. The van der Waals surface area contributed by atoms with Crippen LogP contribution in [-0.2, 0) is 7.05 Å². The maximum absolute atomic E-state index is 7.69. The maximum atomic E-state index is 7.69. The van der Waals surface area contributed by atoms with E-state index in [1.165, 1.54) is 5.56 Å². The molecule has 0 saturated carbocycles. The Morgan fingerprint density at radius 1 is 0.767 bits per heavy atom. The third-order valence-electron chi connectivity index (χ3n) is 5.80. The standard InChI is InChI=1S/C27H21N2O/c1-17-12-13-20-21-14-15-22(28-3)24(19-10-6-5-7-11-19)27(21)30-26(20)23(17)25-18(2)9-8-16-29(25)4/h5-16H,1-2,4H3/q+1. The van der Waals surface area contributed by atoms with E-state index in [2.05, 4.69) is 60.8 Å². The zero-order valence-electron chi connectivity index (χ0n) is 17.2. The summed E-state index contributed by atoms with van der Waals surface area (Å²) in [5.41, 5.74) is 8.71. The second-order valence-electron chi connectivity index (χ2n) is 7.70. The van der Waals surface area contributed by atoms with Gasteiger partial charge in [-0.2, -0.15) is 0 Å². The fourth-order valence-electron chi connectivity index (χ4n) is 4.38. The van der Waals surface area contributed by atoms with Crippen molar-refractivity contribution in [3.05, 3.63) is 95.5 Å². The molecule has 0 aliphatic carbocycles. The number of nitrogens with zero attached hydrogens (tertiary/aromatic N) is 2. The van der Waals surface area contributed by atoms with Crippen LogP contribution in [0.4, 0.5) is 5.69 Å². The summed E-state index contributed by atoms with van der Waals surface area (Å²) in [5.74, 6) is 0. The lowest BCUT2D eigenvalue weighted by atomic mass is 9.97. The Bertz CT molecular complexity index is 1450. The largest absolute Gasteiger partial charge is 0.456 e. The number of furan rings is 1. The third kappa shape index (κ3) is 2.62. The smallest absolute Gasteiger partial charge is 0.219 e. The normalized spacial score (nSPS) is 11.1. The Hall–Kier alpha value is -3.90. The van der Waals surface area contributed by atoms with Crippen LogP contribution in [-0.4, -0.2) is 0 Å². The molecule has 0 aliphatic rings. The SMILES string of the molecule is [C-]#[N+]c1ccc2c(oc3c(-c4c(C)ccc[n+]4C)c(C)ccc32)c1-c1ccccc1. The van der Waals surface area contributed by atoms with E-state index in [1.807, 2.05) is 42.5 Å². The van der Waals surface area contributed by atoms with Crippen LogP contribution in [0.1, 0.15) is 11.1 Å². The van der Waals surface area contributed by atoms with Crippen LogP contribution >= 0.6 is 0 Å². The van der Waals surface area contributed by atoms with Crippen molar-refractivity contribution in [2.45, 2.75) is 13.8 Å². The van der Waals surface area contributed by atoms with Crippen LogP contribution in [0.3, 0.4) is 0 Å². The monoisotopic (exact) mass is 389 g/mol. The zero-order valence-corrected chi connectivity index (χ0v) is 17.2. The summed E-state index contributed by atoms with van der Waals surface area (Å²) >= 11 is 0. The van der Waals surface area contributed by atoms with Crippen LogP contribution in [0.2, 0.25) is 0 Å². The number of benzene rings is 3. The molecule has 30 heavy (non-hydrogen) atoms. The molecule has 3 aromatic carbocycles. The molecule has 2 aromatic heterocycles. The van der Waals surface area contributed by atoms with Crippen LogP contribution in [0.5, 0.6) is 0 Å². The highest BCUT2D eigenvalue weighted by Crippen LogP contribution is 2.44. The highest BCUT2D eigenvalue weighted by Gasteiger charge is 2.24. The molecule has 2 heterocycles. The summed E-state index contributed by atoms with van der Waals surface area (Å²) < 4.78 is 8.75. The number of hydrogen-bond donors (Lipinski definition) is 0. The molecule has 0 unspecified atom stereocenters. The number of rotatable bonds is 2. The molecule has 5 aromatic rings. The van der Waals surface area contributed by atoms with Gasteiger partial charge in [-0.3, -0.25) is 0 Å². The van der Waals surface area contributed by atoms with Gasteiger partial charge in [0.25, 0.3) is 0 Å². The van der Waals surface area contributed by atoms with Crippen molar-refractivity contribution in [3.8, 4) is 22.4 Å². The van der Waals surface area contributed by atoms with Crippen molar-refractivity contribution in [3.63, 3.8) is 0 Å². The summed E-state index contributed by atoms with van der Waals surface area (Å²) in [6.07, 6.45) is 2.07. The molecule has 3 heteroatoms. The van der Waals surface area contributed by atoms with Gasteiger partial charge in [0.2, 0.25) is 5.69 Å². The Labute approximate surface area is 175 Å². The quantitative estimate of drug-likeness (QED) is 0.237. The summed E-state index contributed by atoms with van der Waals surface area (Å²) in [5, 5.41) is 2.11. The molecule has 0 amide bonds. The predicted octanol–water partition coefficient (Wildman–Crippen LogP) is 6.91. The van der Waals surface area contributed by atoms with Crippen LogP contribution in [0, 0.1) is 20.4 Å². The van der Waals surface area contributed by atoms with Gasteiger partial charge in [0.05, 0.1) is 12.1 Å². The van der Waals surface area contributed by atoms with Crippen LogP contribution < -0.4 is 4.57 Å². The van der Waals surface area contributed by atoms with Gasteiger partial charge < -0.3 is 4.42 Å². The van der Waals surface area contributed by atoms with Crippen molar-refractivity contribution in [2.24, 2.45) is 7.05 Å². The molecule has 3 nitrogen and oxygen atoms in total. The minimum atomic E-state index is 0.604. The van der Waals surface area contributed by atoms with E-state index in [-0.39, 0.29) is 0 Å². The van der Waals surface area contributed by atoms with E-state index >= 15 is 0 Å². The van der Waals surface area contributed by atoms with E-state index in [9.17, 15) is 0 Å². The fourth-order valence-corrected chi connectivity index (χ4v) is 4.38. The zero-order chi connectivity index (χ0) is 20.8. The molecule has 0 fully saturated rings. The number of aryl methyl sites for hydroxylation is 3. The highest BCUT2D eigenvalue weighted by atomic mass is 16.3. The summed E-state index contributed by atoms with van der Waals surface area (Å²) in [4.78, 5) is 3.78. The lowest BCUT2D eigenvalue weighted by Crippen LogP contribution is -2.31. The first kappa shape index (κ1) is 18.1. The third-order valence-corrected chi connectivity index (χ3v) is 5.80. The number of pyridine rings is 1. The molecule has 0 N–H and O–H groups in total. The molecule has 0 atom stereocenters. The van der Waals surface area contributed by atoms with Gasteiger partial charge in [0.15, 0.2) is 11.9 Å². The molecule has 0 radical (unpaired) electrons. The second-order valence-corrected chi connectivity index (χ2v) is 7.70. The van der Waals surface area contributed by atoms with E-state index in [0.717, 1.165) is 49.9 Å². The van der Waals surface area contributed by atoms with Gasteiger partial charge in [0, 0.05) is 28.0 Å². The first-order chi connectivity index (χ1) is 14.6. The average molecular weight is 389 g/mol. The minimum Gasteiger partial charge on any atom is -0.456 e. The first-order valence-corrected chi connectivity index (χ1v) is 9.97. The Morgan fingerprint density at radius 3 is 2.17 bits per heavy atom. The molecule has 0 bridgehead atoms. The summed E-state index contributed by atoms with van der Waals surface area (Å²) in [7, 11) is 2.07. The Morgan fingerprint density at radius 2 is 1.47 bits per heavy atom. The molecule has 0 spiro atoms. The van der Waals surface area contributed by atoms with E-state index in [1.54, 1.807) is 0 Å². The van der Waals surface area contributed by atoms with Gasteiger partial charge in [-0.25, -0.2) is 9.41 Å². The minimum absolute atomic E-state index is 0.604. The topological polar surface area (TPSA) is 21.4 Å². The highest BCUT2D eigenvalue weighted by molar-refractivity contribution is 6.15. The first-order valence-electron chi connectivity index (χ1n) is 9.97. The van der Waals surface area contributed by atoms with Gasteiger partial charge in [-0.15, -0.1) is 0 Å². The van der Waals surface area contributed by atoms with Crippen molar-refractivity contribution < 1.29 is 8.98 Å². The van der Waals surface area contributed by atoms with E-state index < -0.39 is 0 Å². The molecule has 5 rings (SSSR count). The van der Waals surface area contributed by atoms with E-state index in [0.29, 0.717) is 5.69 Å². The Kier molecular flexibility index (Phi) is 4.15. The Balaban J connectivity index is 1.95. The van der Waals surface area contributed by atoms with Crippen molar-refractivity contribution >= 4 is 27.6 Å². The molecular formula is C27H21N2O+. The van der Waals surface area contributed by atoms with Crippen LogP contribution in [0.25, 0.3) is 49.2 Å². The average Bonchev–Trinajstić information content (AvgIpc) is 3.13. The van der Waals surface area contributed by atoms with Crippen molar-refractivity contribution in [1.29, 1.82) is 0 Å². The van der Waals surface area contributed by atoms with Gasteiger partial charge in [-0.05, 0) is 31.0 Å². The van der Waals surface area contributed by atoms with Crippen molar-refractivity contribution in [1.82, 2.24) is 0 Å². The second kappa shape index (κ2) is 6.86. The lowest BCUT2D eigenvalue weighted by Gasteiger charge is -2.07. The molecule has 0 saturated heterocycles. The predicted molar refractivity (Wildman–Crippen MR) is 122 cm³/mol. The van der Waals surface area contributed by atoms with Gasteiger partial charge >= 0.3 is 0 Å². The number of hydrogen-bond acceptors (Lipinski definition) is 1. The maximum Gasteiger partial charge on any atom is 0.219 e. The summed E-state index contributed by atoms with van der Waals surface area (Å²) in [6, 6.07) is 22.4. The van der Waals surface area contributed by atoms with Crippen LogP contribution in [0.15, 0.2) is 77.3 Å². The molecular weight excluding hydrogens is 368 g/mol.